The zero-order valence-corrected chi connectivity index (χ0v) is 21.6. The molecule has 1 fully saturated rings. The van der Waals surface area contributed by atoms with E-state index in [1.165, 1.54) is 0 Å². The van der Waals surface area contributed by atoms with Crippen LogP contribution in [0.1, 0.15) is 30.0 Å². The molecular formula is C28H32N8O. The molecule has 0 atom stereocenters. The Kier molecular flexibility index (Phi) is 7.32. The van der Waals surface area contributed by atoms with Crippen molar-refractivity contribution >= 4 is 28.3 Å². The number of fused-ring (bicyclic) bond motifs is 1. The van der Waals surface area contributed by atoms with E-state index in [0.29, 0.717) is 11.4 Å². The van der Waals surface area contributed by atoms with Crippen molar-refractivity contribution in [3.05, 3.63) is 66.5 Å². The SMILES string of the molecule is CCN(CC)c1cncc(-c2ccc3cnc(CC(=O)c4ccnc(N5CCN(C)CC5)c4)nc3c2)n1. The second-order valence-corrected chi connectivity index (χ2v) is 9.29. The second kappa shape index (κ2) is 11.0. The van der Waals surface area contributed by atoms with Gasteiger partial charge in [0, 0.05) is 68.2 Å². The molecule has 0 saturated carbocycles. The number of hydrogen-bond acceptors (Lipinski definition) is 9. The summed E-state index contributed by atoms with van der Waals surface area (Å²) in [5.41, 5.74) is 3.12. The second-order valence-electron chi connectivity index (χ2n) is 9.29. The van der Waals surface area contributed by atoms with E-state index in [0.717, 1.165) is 73.1 Å². The molecule has 9 nitrogen and oxygen atoms in total. The van der Waals surface area contributed by atoms with Crippen molar-refractivity contribution in [2.45, 2.75) is 20.3 Å². The van der Waals surface area contributed by atoms with Crippen molar-refractivity contribution in [2.24, 2.45) is 0 Å². The van der Waals surface area contributed by atoms with Crippen molar-refractivity contribution in [3.63, 3.8) is 0 Å². The summed E-state index contributed by atoms with van der Waals surface area (Å²) in [6.45, 7) is 9.71. The maximum absolute atomic E-state index is 13.1. The van der Waals surface area contributed by atoms with Crippen LogP contribution in [0.5, 0.6) is 0 Å². The number of carbonyl (C=O) groups excluding carboxylic acids is 1. The van der Waals surface area contributed by atoms with Crippen LogP contribution >= 0.6 is 0 Å². The molecule has 1 aliphatic heterocycles. The predicted molar refractivity (Wildman–Crippen MR) is 146 cm³/mol. The maximum Gasteiger partial charge on any atom is 0.170 e. The average Bonchev–Trinajstić information content (AvgIpc) is 2.94. The van der Waals surface area contributed by atoms with Gasteiger partial charge in [0.2, 0.25) is 0 Å². The normalized spacial score (nSPS) is 14.2. The molecule has 0 aliphatic carbocycles. The van der Waals surface area contributed by atoms with Gasteiger partial charge in [0.15, 0.2) is 5.78 Å². The number of ketones is 1. The third-order valence-electron chi connectivity index (χ3n) is 6.85. The minimum Gasteiger partial charge on any atom is -0.356 e. The molecule has 1 aliphatic rings. The number of piperazine rings is 1. The number of aromatic nitrogens is 5. The van der Waals surface area contributed by atoms with Gasteiger partial charge in [0.1, 0.15) is 17.5 Å². The molecule has 190 valence electrons. The molecule has 4 heterocycles. The Bertz CT molecular complexity index is 1400. The van der Waals surface area contributed by atoms with Gasteiger partial charge in [0.05, 0.1) is 30.0 Å². The highest BCUT2D eigenvalue weighted by atomic mass is 16.1. The van der Waals surface area contributed by atoms with Gasteiger partial charge in [0.25, 0.3) is 0 Å². The molecule has 1 aromatic carbocycles. The molecule has 0 unspecified atom stereocenters. The molecular weight excluding hydrogens is 464 g/mol. The first-order valence-electron chi connectivity index (χ1n) is 12.8. The van der Waals surface area contributed by atoms with E-state index in [1.807, 2.05) is 24.3 Å². The molecule has 5 rings (SSSR count). The summed E-state index contributed by atoms with van der Waals surface area (Å²) >= 11 is 0. The van der Waals surface area contributed by atoms with Crippen molar-refractivity contribution in [1.29, 1.82) is 0 Å². The Morgan fingerprint density at radius 2 is 1.76 bits per heavy atom. The summed E-state index contributed by atoms with van der Waals surface area (Å²) in [6.07, 6.45) is 7.17. The van der Waals surface area contributed by atoms with Gasteiger partial charge >= 0.3 is 0 Å². The highest BCUT2D eigenvalue weighted by molar-refractivity contribution is 5.98. The van der Waals surface area contributed by atoms with E-state index in [1.54, 1.807) is 30.9 Å². The largest absolute Gasteiger partial charge is 0.356 e. The minimum atomic E-state index is -0.0222. The predicted octanol–water partition coefficient (Wildman–Crippen LogP) is 3.51. The van der Waals surface area contributed by atoms with Crippen LogP contribution in [-0.4, -0.2) is 81.9 Å². The quantitative estimate of drug-likeness (QED) is 0.340. The summed E-state index contributed by atoms with van der Waals surface area (Å²) in [7, 11) is 2.12. The third-order valence-corrected chi connectivity index (χ3v) is 6.85. The molecule has 3 aromatic heterocycles. The van der Waals surface area contributed by atoms with Crippen LogP contribution in [0, 0.1) is 0 Å². The Balaban J connectivity index is 1.36. The van der Waals surface area contributed by atoms with Crippen molar-refractivity contribution in [3.8, 4) is 11.3 Å². The van der Waals surface area contributed by atoms with Gasteiger partial charge in [-0.2, -0.15) is 0 Å². The number of anilines is 2. The Morgan fingerprint density at radius 3 is 2.54 bits per heavy atom. The van der Waals surface area contributed by atoms with Gasteiger partial charge in [-0.3, -0.25) is 9.78 Å². The molecule has 0 spiro atoms. The smallest absolute Gasteiger partial charge is 0.170 e. The maximum atomic E-state index is 13.1. The molecule has 9 heteroatoms. The standard InChI is InChI=1S/C28H32N8O/c1-4-35(5-2)28-19-29-18-24(33-28)20-6-7-22-17-31-26(32-23(22)14-20)16-25(37)21-8-9-30-27(15-21)36-12-10-34(3)11-13-36/h6-9,14-15,17-19H,4-5,10-13,16H2,1-3H3. The summed E-state index contributed by atoms with van der Waals surface area (Å²) in [6, 6.07) is 9.62. The van der Waals surface area contributed by atoms with Crippen LogP contribution in [-0.2, 0) is 6.42 Å². The van der Waals surface area contributed by atoms with Gasteiger partial charge < -0.3 is 14.7 Å². The zero-order chi connectivity index (χ0) is 25.8. The number of Topliss-reactive ketones (excluding diaryl/α,β-unsaturated/α-hetero) is 1. The molecule has 37 heavy (non-hydrogen) atoms. The number of pyridine rings is 1. The molecule has 4 aromatic rings. The van der Waals surface area contributed by atoms with Crippen molar-refractivity contribution in [2.75, 3.05) is 56.1 Å². The van der Waals surface area contributed by atoms with Crippen LogP contribution in [0.3, 0.4) is 0 Å². The first-order valence-corrected chi connectivity index (χ1v) is 12.8. The number of likely N-dealkylation sites (N-methyl/N-ethyl adjacent to an activating group) is 1. The average molecular weight is 497 g/mol. The Hall–Kier alpha value is -3.98. The van der Waals surface area contributed by atoms with E-state index >= 15 is 0 Å². The molecule has 0 N–H and O–H groups in total. The fourth-order valence-corrected chi connectivity index (χ4v) is 4.55. The van der Waals surface area contributed by atoms with E-state index in [4.69, 9.17) is 9.97 Å². The number of rotatable bonds is 8. The fraction of sp³-hybridized carbons (Fsp3) is 0.357. The lowest BCUT2D eigenvalue weighted by atomic mass is 10.1. The lowest BCUT2D eigenvalue weighted by Crippen LogP contribution is -2.44. The van der Waals surface area contributed by atoms with E-state index < -0.39 is 0 Å². The van der Waals surface area contributed by atoms with Crippen molar-refractivity contribution in [1.82, 2.24) is 29.8 Å². The summed E-state index contributed by atoms with van der Waals surface area (Å²) in [5, 5.41) is 0.911. The Labute approximate surface area is 217 Å². The highest BCUT2D eigenvalue weighted by Gasteiger charge is 2.17. The third kappa shape index (κ3) is 5.56. The van der Waals surface area contributed by atoms with Crippen LogP contribution in [0.4, 0.5) is 11.6 Å². The zero-order valence-electron chi connectivity index (χ0n) is 21.6. The van der Waals surface area contributed by atoms with Gasteiger partial charge in [-0.1, -0.05) is 12.1 Å². The van der Waals surface area contributed by atoms with Gasteiger partial charge in [-0.05, 0) is 39.1 Å². The van der Waals surface area contributed by atoms with Crippen molar-refractivity contribution < 1.29 is 4.79 Å². The topological polar surface area (TPSA) is 91.2 Å². The summed E-state index contributed by atoms with van der Waals surface area (Å²) in [4.78, 5) is 42.7. The monoisotopic (exact) mass is 496 g/mol. The van der Waals surface area contributed by atoms with E-state index in [2.05, 4.69) is 50.5 Å². The van der Waals surface area contributed by atoms with E-state index in [-0.39, 0.29) is 12.2 Å². The van der Waals surface area contributed by atoms with Gasteiger partial charge in [-0.15, -0.1) is 0 Å². The van der Waals surface area contributed by atoms with Crippen LogP contribution in [0.2, 0.25) is 0 Å². The van der Waals surface area contributed by atoms with Crippen LogP contribution in [0.25, 0.3) is 22.2 Å². The lowest BCUT2D eigenvalue weighted by Gasteiger charge is -2.33. The van der Waals surface area contributed by atoms with E-state index in [9.17, 15) is 4.79 Å². The van der Waals surface area contributed by atoms with Gasteiger partial charge in [-0.25, -0.2) is 19.9 Å². The van der Waals surface area contributed by atoms with Crippen LogP contribution < -0.4 is 9.80 Å². The number of carbonyl (C=O) groups is 1. The Morgan fingerprint density at radius 1 is 0.946 bits per heavy atom. The number of hydrogen-bond donors (Lipinski definition) is 0. The lowest BCUT2D eigenvalue weighted by molar-refractivity contribution is 0.0991. The first-order chi connectivity index (χ1) is 18.0. The molecule has 0 amide bonds. The highest BCUT2D eigenvalue weighted by Crippen LogP contribution is 2.24. The summed E-state index contributed by atoms with van der Waals surface area (Å²) < 4.78 is 0. The fourth-order valence-electron chi connectivity index (χ4n) is 4.55. The first kappa shape index (κ1) is 24.7. The molecule has 0 radical (unpaired) electrons. The number of nitrogens with zero attached hydrogens (tertiary/aromatic N) is 8. The summed E-state index contributed by atoms with van der Waals surface area (Å²) in [5.74, 6) is 2.17. The minimum absolute atomic E-state index is 0.0222. The molecule has 1 saturated heterocycles. The number of benzene rings is 1. The molecule has 0 bridgehead atoms. The van der Waals surface area contributed by atoms with Crippen LogP contribution in [0.15, 0.2) is 55.1 Å².